The van der Waals surface area contributed by atoms with E-state index < -0.39 is 64.2 Å². The van der Waals surface area contributed by atoms with Gasteiger partial charge < -0.3 is 18.9 Å². The Balaban J connectivity index is 1.78. The topological polar surface area (TPSA) is 152 Å². The number of methoxy groups -OCH3 is 1. The normalized spacial score (nSPS) is 27.6. The molecule has 0 radical (unpaired) electrons. The average molecular weight is 446 g/mol. The fourth-order valence-electron chi connectivity index (χ4n) is 4.42. The molecule has 0 aromatic heterocycles. The monoisotopic (exact) mass is 446 g/mol. The highest BCUT2D eigenvalue weighted by molar-refractivity contribution is 6.24. The minimum atomic E-state index is -1.74. The van der Waals surface area contributed by atoms with Crippen LogP contribution in [0.3, 0.4) is 0 Å². The first kappa shape index (κ1) is 21.4. The summed E-state index contributed by atoms with van der Waals surface area (Å²) in [4.78, 5) is 61.6. The number of carbonyl (C=O) groups excluding carboxylic acids is 4. The Labute approximate surface area is 180 Å². The quantitative estimate of drug-likeness (QED) is 0.154. The number of hydrogen-bond donors (Lipinski definition) is 0. The van der Waals surface area contributed by atoms with Gasteiger partial charge in [0.05, 0.1) is 36.0 Å². The maximum absolute atomic E-state index is 13.5. The van der Waals surface area contributed by atoms with Gasteiger partial charge in [-0.15, -0.1) is 0 Å². The zero-order valence-electron chi connectivity index (χ0n) is 17.2. The Morgan fingerprint density at radius 2 is 1.84 bits per heavy atom. The Bertz CT molecular complexity index is 1070. The van der Waals surface area contributed by atoms with Gasteiger partial charge in [0, 0.05) is 13.8 Å². The zero-order valence-corrected chi connectivity index (χ0v) is 17.2. The summed E-state index contributed by atoms with van der Waals surface area (Å²) in [5, 5.41) is 11.6. The van der Waals surface area contributed by atoms with Crippen molar-refractivity contribution in [2.45, 2.75) is 31.8 Å². The van der Waals surface area contributed by atoms with E-state index in [1.807, 2.05) is 0 Å². The number of amides is 2. The van der Waals surface area contributed by atoms with E-state index in [0.717, 1.165) is 24.8 Å². The molecule has 2 amide bonds. The summed E-state index contributed by atoms with van der Waals surface area (Å²) < 4.78 is 21.1. The van der Waals surface area contributed by atoms with Gasteiger partial charge in [-0.1, -0.05) is 6.08 Å². The van der Waals surface area contributed by atoms with E-state index >= 15 is 0 Å². The van der Waals surface area contributed by atoms with Gasteiger partial charge in [0.25, 0.3) is 12.0 Å². The second kappa shape index (κ2) is 7.41. The summed E-state index contributed by atoms with van der Waals surface area (Å²) in [6.07, 6.45) is 0.439. The van der Waals surface area contributed by atoms with E-state index in [1.165, 1.54) is 31.4 Å². The fraction of sp³-hybridized carbons (Fsp3) is 0.400. The summed E-state index contributed by atoms with van der Waals surface area (Å²) in [6.45, 7) is 2.18. The van der Waals surface area contributed by atoms with Crippen LogP contribution in [0, 0.1) is 22.0 Å². The summed E-state index contributed by atoms with van der Waals surface area (Å²) in [7, 11) is 1.32. The van der Waals surface area contributed by atoms with E-state index in [9.17, 15) is 29.3 Å². The summed E-state index contributed by atoms with van der Waals surface area (Å²) in [5.41, 5.74) is -2.47. The molecule has 12 nitrogen and oxygen atoms in total. The molecule has 0 saturated carbocycles. The molecule has 2 fully saturated rings. The van der Waals surface area contributed by atoms with Gasteiger partial charge in [-0.25, -0.2) is 4.90 Å². The SMILES string of the molecule is COc1ccc(N2C(=O)[C@@H]3[C@@H](C2=O)[C@@]2(C(OC(C)=O)OC(C)=O)C=C[C@H]3O2)c([N+](=O)[O-])c1. The lowest BCUT2D eigenvalue weighted by molar-refractivity contribution is -0.384. The molecule has 2 saturated heterocycles. The van der Waals surface area contributed by atoms with Crippen LogP contribution in [0.25, 0.3) is 0 Å². The predicted molar refractivity (Wildman–Crippen MR) is 103 cm³/mol. The molecule has 1 aromatic rings. The number of esters is 2. The molecule has 12 heteroatoms. The Morgan fingerprint density at radius 3 is 2.41 bits per heavy atom. The molecular weight excluding hydrogens is 428 g/mol. The number of nitro benzene ring substituents is 1. The van der Waals surface area contributed by atoms with Crippen molar-refractivity contribution < 1.29 is 43.0 Å². The highest BCUT2D eigenvalue weighted by Crippen LogP contribution is 2.55. The number of ether oxygens (including phenoxy) is 4. The highest BCUT2D eigenvalue weighted by atomic mass is 16.7. The second-order valence-corrected chi connectivity index (χ2v) is 7.47. The molecule has 2 bridgehead atoms. The van der Waals surface area contributed by atoms with Crippen molar-refractivity contribution in [3.05, 3.63) is 40.5 Å². The maximum atomic E-state index is 13.5. The second-order valence-electron chi connectivity index (χ2n) is 7.47. The number of benzene rings is 1. The number of anilines is 1. The van der Waals surface area contributed by atoms with Crippen molar-refractivity contribution in [1.82, 2.24) is 0 Å². The van der Waals surface area contributed by atoms with Gasteiger partial charge in [-0.05, 0) is 18.2 Å². The number of fused-ring (bicyclic) bond motifs is 5. The molecule has 0 unspecified atom stereocenters. The summed E-state index contributed by atoms with van der Waals surface area (Å²) in [6, 6.07) is 3.73. The van der Waals surface area contributed by atoms with Crippen LogP contribution < -0.4 is 9.64 Å². The molecule has 4 rings (SSSR count). The van der Waals surface area contributed by atoms with Crippen LogP contribution in [-0.4, -0.2) is 53.8 Å². The van der Waals surface area contributed by atoms with Gasteiger partial charge >= 0.3 is 11.9 Å². The minimum Gasteiger partial charge on any atom is -0.496 e. The van der Waals surface area contributed by atoms with Crippen molar-refractivity contribution in [2.24, 2.45) is 11.8 Å². The van der Waals surface area contributed by atoms with Crippen LogP contribution in [0.1, 0.15) is 13.8 Å². The molecule has 3 aliphatic heterocycles. The van der Waals surface area contributed by atoms with Crippen molar-refractivity contribution in [2.75, 3.05) is 12.0 Å². The number of carbonyl (C=O) groups is 4. The summed E-state index contributed by atoms with van der Waals surface area (Å²) in [5.74, 6) is -5.20. The molecule has 0 N–H and O–H groups in total. The number of nitrogens with zero attached hydrogens (tertiary/aromatic N) is 2. The number of nitro groups is 1. The molecule has 3 aliphatic rings. The van der Waals surface area contributed by atoms with Gasteiger partial charge in [0.2, 0.25) is 11.8 Å². The zero-order chi connectivity index (χ0) is 23.4. The van der Waals surface area contributed by atoms with E-state index in [2.05, 4.69) is 0 Å². The molecular formula is C20H18N2O10. The smallest absolute Gasteiger partial charge is 0.305 e. The molecule has 3 heterocycles. The largest absolute Gasteiger partial charge is 0.496 e. The van der Waals surface area contributed by atoms with E-state index in [1.54, 1.807) is 0 Å². The lowest BCUT2D eigenvalue weighted by Gasteiger charge is -2.34. The van der Waals surface area contributed by atoms with Crippen LogP contribution >= 0.6 is 0 Å². The minimum absolute atomic E-state index is 0.172. The fourth-order valence-corrected chi connectivity index (χ4v) is 4.42. The Morgan fingerprint density at radius 1 is 1.19 bits per heavy atom. The third kappa shape index (κ3) is 3.02. The third-order valence-electron chi connectivity index (χ3n) is 5.61. The molecule has 0 spiro atoms. The predicted octanol–water partition coefficient (Wildman–Crippen LogP) is 0.869. The lowest BCUT2D eigenvalue weighted by Crippen LogP contribution is -2.52. The molecule has 1 aromatic carbocycles. The van der Waals surface area contributed by atoms with Crippen LogP contribution in [-0.2, 0) is 33.4 Å². The van der Waals surface area contributed by atoms with Crippen molar-refractivity contribution >= 4 is 35.1 Å². The molecule has 0 aliphatic carbocycles. The molecule has 168 valence electrons. The highest BCUT2D eigenvalue weighted by Gasteiger charge is 2.72. The first-order valence-electron chi connectivity index (χ1n) is 9.52. The van der Waals surface area contributed by atoms with Gasteiger partial charge in [0.1, 0.15) is 11.4 Å². The van der Waals surface area contributed by atoms with Crippen molar-refractivity contribution in [3.8, 4) is 5.75 Å². The molecule has 4 atom stereocenters. The van der Waals surface area contributed by atoms with Crippen LogP contribution in [0.15, 0.2) is 30.4 Å². The van der Waals surface area contributed by atoms with E-state index in [4.69, 9.17) is 18.9 Å². The number of imide groups is 1. The first-order valence-corrected chi connectivity index (χ1v) is 9.52. The number of rotatable bonds is 6. The molecule has 32 heavy (non-hydrogen) atoms. The van der Waals surface area contributed by atoms with E-state index in [-0.39, 0.29) is 11.4 Å². The maximum Gasteiger partial charge on any atom is 0.305 e. The van der Waals surface area contributed by atoms with Gasteiger partial charge in [-0.3, -0.25) is 29.3 Å². The van der Waals surface area contributed by atoms with Crippen LogP contribution in [0.2, 0.25) is 0 Å². The summed E-state index contributed by atoms with van der Waals surface area (Å²) >= 11 is 0. The lowest BCUT2D eigenvalue weighted by atomic mass is 9.76. The van der Waals surface area contributed by atoms with E-state index in [0.29, 0.717) is 0 Å². The first-order chi connectivity index (χ1) is 15.1. The van der Waals surface area contributed by atoms with Gasteiger partial charge in [-0.2, -0.15) is 0 Å². The van der Waals surface area contributed by atoms with Crippen molar-refractivity contribution in [1.29, 1.82) is 0 Å². The Kier molecular flexibility index (Phi) is 4.96. The van der Waals surface area contributed by atoms with Crippen LogP contribution in [0.4, 0.5) is 11.4 Å². The standard InChI is InChI=1S/C20H18N2O10/c1-9(23)30-19(31-10(2)24)20-7-6-14(32-20)15-16(20)18(26)21(17(15)25)12-5-4-11(29-3)8-13(12)22(27)28/h4-8,14-16,19H,1-3H3/t14-,15+,16+,20-/m1/s1. The Hall–Kier alpha value is -3.80. The average Bonchev–Trinajstić information content (AvgIpc) is 3.37. The van der Waals surface area contributed by atoms with Crippen molar-refractivity contribution in [3.63, 3.8) is 0 Å². The van der Waals surface area contributed by atoms with Crippen LogP contribution in [0.5, 0.6) is 5.75 Å². The van der Waals surface area contributed by atoms with Gasteiger partial charge in [0.15, 0.2) is 5.60 Å². The number of hydrogen-bond acceptors (Lipinski definition) is 10. The third-order valence-corrected chi connectivity index (χ3v) is 5.61.